The van der Waals surface area contributed by atoms with Gasteiger partial charge in [0.15, 0.2) is 5.13 Å². The number of aromatic nitrogens is 1. The van der Waals surface area contributed by atoms with Crippen LogP contribution in [-0.2, 0) is 4.74 Å². The first-order valence-corrected chi connectivity index (χ1v) is 9.15. The summed E-state index contributed by atoms with van der Waals surface area (Å²) in [5.74, 6) is 0.788. The van der Waals surface area contributed by atoms with Gasteiger partial charge in [0.25, 0.3) is 0 Å². The number of halogens is 1. The second-order valence-corrected chi connectivity index (χ2v) is 7.35. The van der Waals surface area contributed by atoms with Gasteiger partial charge in [0.1, 0.15) is 11.3 Å². The minimum Gasteiger partial charge on any atom is -0.494 e. The second-order valence-electron chi connectivity index (χ2n) is 5.96. The highest BCUT2D eigenvalue weighted by atomic mass is 35.5. The van der Waals surface area contributed by atoms with Crippen molar-refractivity contribution in [1.29, 1.82) is 0 Å². The first kappa shape index (κ1) is 15.4. The van der Waals surface area contributed by atoms with E-state index in [0.717, 1.165) is 65.5 Å². The van der Waals surface area contributed by atoms with Gasteiger partial charge in [0, 0.05) is 32.2 Å². The molecule has 0 radical (unpaired) electrons. The van der Waals surface area contributed by atoms with Crippen LogP contribution in [0.4, 0.5) is 5.13 Å². The van der Waals surface area contributed by atoms with Crippen LogP contribution in [0.1, 0.15) is 6.42 Å². The number of methoxy groups -OCH3 is 1. The summed E-state index contributed by atoms with van der Waals surface area (Å²) >= 11 is 7.99. The van der Waals surface area contributed by atoms with E-state index < -0.39 is 0 Å². The lowest BCUT2D eigenvalue weighted by atomic mass is 10.2. The molecule has 23 heavy (non-hydrogen) atoms. The zero-order chi connectivity index (χ0) is 15.8. The van der Waals surface area contributed by atoms with Crippen molar-refractivity contribution in [3.8, 4) is 5.75 Å². The average Bonchev–Trinajstić information content (AvgIpc) is 3.23. The molecule has 2 saturated heterocycles. The van der Waals surface area contributed by atoms with Gasteiger partial charge in [-0.3, -0.25) is 4.90 Å². The molecule has 124 valence electrons. The Labute approximate surface area is 144 Å². The lowest BCUT2D eigenvalue weighted by Gasteiger charge is -2.32. The molecule has 0 aliphatic carbocycles. The number of fused-ring (bicyclic) bond motifs is 1. The SMILES string of the molecule is COc1ccc(Cl)c2sc(N3CCC(N4CCOCC4)C3)nc12. The molecular weight excluding hydrogens is 334 g/mol. The molecule has 0 N–H and O–H groups in total. The van der Waals surface area contributed by atoms with E-state index in [1.807, 2.05) is 12.1 Å². The molecule has 2 aliphatic rings. The van der Waals surface area contributed by atoms with Crippen molar-refractivity contribution in [2.75, 3.05) is 51.4 Å². The Bertz CT molecular complexity index is 702. The molecule has 2 aromatic rings. The molecule has 5 nitrogen and oxygen atoms in total. The highest BCUT2D eigenvalue weighted by molar-refractivity contribution is 7.22. The fourth-order valence-corrected chi connectivity index (χ4v) is 4.69. The fourth-order valence-electron chi connectivity index (χ4n) is 3.40. The molecule has 4 rings (SSSR count). The highest BCUT2D eigenvalue weighted by Gasteiger charge is 2.30. The fraction of sp³-hybridized carbons (Fsp3) is 0.562. The minimum absolute atomic E-state index is 0.600. The normalized spacial score (nSPS) is 22.9. The Morgan fingerprint density at radius 3 is 2.91 bits per heavy atom. The van der Waals surface area contributed by atoms with E-state index in [0.29, 0.717) is 6.04 Å². The van der Waals surface area contributed by atoms with Gasteiger partial charge in [-0.2, -0.15) is 0 Å². The molecule has 0 bridgehead atoms. The van der Waals surface area contributed by atoms with Crippen LogP contribution in [0.25, 0.3) is 10.2 Å². The number of thiazole rings is 1. The van der Waals surface area contributed by atoms with Crippen LogP contribution in [0.2, 0.25) is 5.02 Å². The van der Waals surface area contributed by atoms with E-state index in [1.165, 1.54) is 6.42 Å². The zero-order valence-electron chi connectivity index (χ0n) is 13.1. The van der Waals surface area contributed by atoms with E-state index in [9.17, 15) is 0 Å². The number of nitrogens with zero attached hydrogens (tertiary/aromatic N) is 3. The number of morpholine rings is 1. The predicted octanol–water partition coefficient (Wildman–Crippen LogP) is 2.87. The molecule has 0 saturated carbocycles. The van der Waals surface area contributed by atoms with Crippen molar-refractivity contribution in [1.82, 2.24) is 9.88 Å². The van der Waals surface area contributed by atoms with Gasteiger partial charge in [0.2, 0.25) is 0 Å². The maximum Gasteiger partial charge on any atom is 0.186 e. The standard InChI is InChI=1S/C16H20ClN3O2S/c1-21-13-3-2-12(17)15-14(13)18-16(23-15)20-5-4-11(10-20)19-6-8-22-9-7-19/h2-3,11H,4-10H2,1H3. The molecule has 7 heteroatoms. The van der Waals surface area contributed by atoms with Crippen molar-refractivity contribution >= 4 is 38.3 Å². The predicted molar refractivity (Wildman–Crippen MR) is 94.2 cm³/mol. The van der Waals surface area contributed by atoms with Crippen molar-refractivity contribution in [3.05, 3.63) is 17.2 Å². The Morgan fingerprint density at radius 2 is 2.13 bits per heavy atom. The summed E-state index contributed by atoms with van der Waals surface area (Å²) in [6, 6.07) is 4.36. The Morgan fingerprint density at radius 1 is 1.30 bits per heavy atom. The van der Waals surface area contributed by atoms with Crippen molar-refractivity contribution in [3.63, 3.8) is 0 Å². The number of hydrogen-bond donors (Lipinski definition) is 0. The van der Waals surface area contributed by atoms with Crippen LogP contribution < -0.4 is 9.64 Å². The van der Waals surface area contributed by atoms with Gasteiger partial charge in [-0.25, -0.2) is 4.98 Å². The number of anilines is 1. The molecule has 0 spiro atoms. The minimum atomic E-state index is 0.600. The summed E-state index contributed by atoms with van der Waals surface area (Å²) in [7, 11) is 1.67. The second kappa shape index (κ2) is 6.43. The maximum absolute atomic E-state index is 6.33. The van der Waals surface area contributed by atoms with E-state index in [4.69, 9.17) is 26.1 Å². The van der Waals surface area contributed by atoms with E-state index in [-0.39, 0.29) is 0 Å². The van der Waals surface area contributed by atoms with Gasteiger partial charge < -0.3 is 14.4 Å². The van der Waals surface area contributed by atoms with E-state index >= 15 is 0 Å². The highest BCUT2D eigenvalue weighted by Crippen LogP contribution is 2.39. The first-order chi connectivity index (χ1) is 11.3. The van der Waals surface area contributed by atoms with Crippen molar-refractivity contribution in [2.45, 2.75) is 12.5 Å². The third kappa shape index (κ3) is 2.89. The number of benzene rings is 1. The van der Waals surface area contributed by atoms with Gasteiger partial charge >= 0.3 is 0 Å². The molecule has 2 fully saturated rings. The number of hydrogen-bond acceptors (Lipinski definition) is 6. The average molecular weight is 354 g/mol. The summed E-state index contributed by atoms with van der Waals surface area (Å²) < 4.78 is 11.9. The largest absolute Gasteiger partial charge is 0.494 e. The quantitative estimate of drug-likeness (QED) is 0.848. The number of ether oxygens (including phenoxy) is 2. The van der Waals surface area contributed by atoms with Gasteiger partial charge in [-0.1, -0.05) is 22.9 Å². The smallest absolute Gasteiger partial charge is 0.186 e. The summed E-state index contributed by atoms with van der Waals surface area (Å²) in [6.07, 6.45) is 1.18. The van der Waals surface area contributed by atoms with Gasteiger partial charge in [-0.05, 0) is 18.6 Å². The Kier molecular flexibility index (Phi) is 4.32. The summed E-state index contributed by atoms with van der Waals surface area (Å²) in [6.45, 7) is 5.85. The third-order valence-corrected chi connectivity index (χ3v) is 6.24. The molecular formula is C16H20ClN3O2S. The monoisotopic (exact) mass is 353 g/mol. The molecule has 2 aliphatic heterocycles. The van der Waals surface area contributed by atoms with Crippen LogP contribution >= 0.6 is 22.9 Å². The summed E-state index contributed by atoms with van der Waals surface area (Å²) in [5, 5.41) is 1.79. The molecule has 0 amide bonds. The third-order valence-electron chi connectivity index (χ3n) is 4.66. The van der Waals surface area contributed by atoms with Crippen LogP contribution in [0.15, 0.2) is 12.1 Å². The molecule has 3 heterocycles. The van der Waals surface area contributed by atoms with Crippen LogP contribution in [0.3, 0.4) is 0 Å². The Hall–Kier alpha value is -1.08. The van der Waals surface area contributed by atoms with Crippen LogP contribution in [0.5, 0.6) is 5.75 Å². The van der Waals surface area contributed by atoms with Crippen LogP contribution in [-0.4, -0.2) is 62.4 Å². The molecule has 1 atom stereocenters. The van der Waals surface area contributed by atoms with E-state index in [1.54, 1.807) is 18.4 Å². The summed E-state index contributed by atoms with van der Waals surface area (Å²) in [4.78, 5) is 9.72. The van der Waals surface area contributed by atoms with E-state index in [2.05, 4.69) is 9.80 Å². The lowest BCUT2D eigenvalue weighted by Crippen LogP contribution is -2.44. The maximum atomic E-state index is 6.33. The Balaban J connectivity index is 1.56. The van der Waals surface area contributed by atoms with Gasteiger partial charge in [-0.15, -0.1) is 0 Å². The molecule has 1 aromatic heterocycles. The van der Waals surface area contributed by atoms with Crippen molar-refractivity contribution in [2.24, 2.45) is 0 Å². The molecule has 1 unspecified atom stereocenters. The zero-order valence-corrected chi connectivity index (χ0v) is 14.7. The van der Waals surface area contributed by atoms with Crippen molar-refractivity contribution < 1.29 is 9.47 Å². The topological polar surface area (TPSA) is 37.8 Å². The van der Waals surface area contributed by atoms with Gasteiger partial charge in [0.05, 0.1) is 30.0 Å². The first-order valence-electron chi connectivity index (χ1n) is 7.96. The summed E-state index contributed by atoms with van der Waals surface area (Å²) in [5.41, 5.74) is 0.870. The van der Waals surface area contributed by atoms with Crippen LogP contribution in [0, 0.1) is 0 Å². The lowest BCUT2D eigenvalue weighted by molar-refractivity contribution is 0.0209. The number of rotatable bonds is 3. The molecule has 1 aromatic carbocycles.